The molecule has 0 spiro atoms. The van der Waals surface area contributed by atoms with E-state index in [2.05, 4.69) is 21.2 Å². The molecule has 1 aromatic carbocycles. The van der Waals surface area contributed by atoms with Gasteiger partial charge in [-0.2, -0.15) is 0 Å². The van der Waals surface area contributed by atoms with Gasteiger partial charge in [0.2, 0.25) is 0 Å². The fourth-order valence-electron chi connectivity index (χ4n) is 1.14. The van der Waals surface area contributed by atoms with Crippen LogP contribution in [0.5, 0.6) is 5.75 Å². The van der Waals surface area contributed by atoms with Crippen LogP contribution in [0.4, 0.5) is 0 Å². The summed E-state index contributed by atoms with van der Waals surface area (Å²) >= 11 is 3.12. The molecule has 0 aliphatic heterocycles. The van der Waals surface area contributed by atoms with Crippen LogP contribution >= 0.6 is 15.9 Å². The number of phenols is 1. The van der Waals surface area contributed by atoms with Gasteiger partial charge >= 0.3 is 5.97 Å². The van der Waals surface area contributed by atoms with E-state index in [1.807, 2.05) is 13.8 Å². The number of hydrogen-bond acceptors (Lipinski definition) is 3. The summed E-state index contributed by atoms with van der Waals surface area (Å²) in [5.41, 5.74) is 0.588. The maximum Gasteiger partial charge on any atom is 0.325 e. The molecule has 1 atom stereocenters. The van der Waals surface area contributed by atoms with Crippen LogP contribution in [0.25, 0.3) is 0 Å². The number of carboxylic acid groups (broad SMARTS) is 1. The van der Waals surface area contributed by atoms with Crippen LogP contribution in [-0.2, 0) is 4.79 Å². The second kappa shape index (κ2) is 7.24. The molecule has 0 bridgehead atoms. The van der Waals surface area contributed by atoms with Gasteiger partial charge in [0.05, 0.1) is 4.47 Å². The van der Waals surface area contributed by atoms with Crippen LogP contribution < -0.4 is 5.32 Å². The van der Waals surface area contributed by atoms with Crippen molar-refractivity contribution in [2.24, 2.45) is 0 Å². The number of halogens is 1. The topological polar surface area (TPSA) is 69.6 Å². The highest BCUT2D eigenvalue weighted by molar-refractivity contribution is 9.10. The minimum atomic E-state index is -0.954. The molecule has 0 aliphatic rings. The number of nitrogens with one attached hydrogen (secondary N) is 1. The molecular formula is C11H16BrNO3. The van der Waals surface area contributed by atoms with Gasteiger partial charge in [0, 0.05) is 0 Å². The first-order valence-electron chi connectivity index (χ1n) is 4.94. The first-order chi connectivity index (χ1) is 7.56. The summed E-state index contributed by atoms with van der Waals surface area (Å²) in [7, 11) is 1.57. The van der Waals surface area contributed by atoms with Gasteiger partial charge in [-0.1, -0.05) is 19.9 Å². The van der Waals surface area contributed by atoms with Crippen molar-refractivity contribution in [3.05, 3.63) is 28.2 Å². The van der Waals surface area contributed by atoms with E-state index in [4.69, 9.17) is 5.11 Å². The molecule has 16 heavy (non-hydrogen) atoms. The molecule has 0 saturated carbocycles. The molecule has 1 rings (SSSR count). The lowest BCUT2D eigenvalue weighted by molar-refractivity contribution is -0.139. The molecule has 1 unspecified atom stereocenters. The molecular weight excluding hydrogens is 274 g/mol. The summed E-state index contributed by atoms with van der Waals surface area (Å²) in [4.78, 5) is 10.8. The normalized spacial score (nSPS) is 11.2. The summed E-state index contributed by atoms with van der Waals surface area (Å²) < 4.78 is 0.483. The molecule has 0 heterocycles. The molecule has 4 nitrogen and oxygen atoms in total. The first kappa shape index (κ1) is 14.9. The molecule has 1 aromatic rings. The minimum Gasteiger partial charge on any atom is -0.507 e. The minimum absolute atomic E-state index is 0.0917. The largest absolute Gasteiger partial charge is 0.507 e. The predicted molar refractivity (Wildman–Crippen MR) is 66.6 cm³/mol. The predicted octanol–water partition coefficient (Wildman–Crippen LogP) is 2.53. The Labute approximate surface area is 103 Å². The van der Waals surface area contributed by atoms with Crippen molar-refractivity contribution in [1.82, 2.24) is 5.32 Å². The fourth-order valence-corrected chi connectivity index (χ4v) is 1.53. The average molecular weight is 290 g/mol. The zero-order valence-electron chi connectivity index (χ0n) is 9.49. The number of hydrogen-bond donors (Lipinski definition) is 3. The second-order valence-electron chi connectivity index (χ2n) is 2.77. The third-order valence-electron chi connectivity index (χ3n) is 1.84. The fraction of sp³-hybridized carbons (Fsp3) is 0.364. The van der Waals surface area contributed by atoms with E-state index in [0.29, 0.717) is 10.0 Å². The molecule has 0 aliphatic carbocycles. The van der Waals surface area contributed by atoms with Crippen LogP contribution in [0.2, 0.25) is 0 Å². The SMILES string of the molecule is CC.CNC(C(=O)O)c1ccc(O)c(Br)c1. The molecule has 90 valence electrons. The highest BCUT2D eigenvalue weighted by Gasteiger charge is 2.17. The van der Waals surface area contributed by atoms with E-state index < -0.39 is 12.0 Å². The maximum atomic E-state index is 10.8. The lowest BCUT2D eigenvalue weighted by Gasteiger charge is -2.11. The molecule has 0 aromatic heterocycles. The van der Waals surface area contributed by atoms with E-state index in [0.717, 1.165) is 0 Å². The molecule has 5 heteroatoms. The Morgan fingerprint density at radius 1 is 1.44 bits per heavy atom. The third kappa shape index (κ3) is 3.83. The van der Waals surface area contributed by atoms with Gasteiger partial charge in [-0.05, 0) is 40.7 Å². The number of likely N-dealkylation sites (N-methyl/N-ethyl adjacent to an activating group) is 1. The number of aromatic hydroxyl groups is 1. The monoisotopic (exact) mass is 289 g/mol. The van der Waals surface area contributed by atoms with Crippen LogP contribution in [0.3, 0.4) is 0 Å². The average Bonchev–Trinajstić information content (AvgIpc) is 2.26. The number of rotatable bonds is 3. The Bertz CT molecular complexity index is 355. The van der Waals surface area contributed by atoms with Crippen LogP contribution in [0, 0.1) is 0 Å². The summed E-state index contributed by atoms with van der Waals surface area (Å²) in [6.45, 7) is 4.00. The Hall–Kier alpha value is -1.07. The van der Waals surface area contributed by atoms with E-state index in [1.165, 1.54) is 6.07 Å². The highest BCUT2D eigenvalue weighted by Crippen LogP contribution is 2.26. The highest BCUT2D eigenvalue weighted by atomic mass is 79.9. The van der Waals surface area contributed by atoms with Crippen molar-refractivity contribution in [2.75, 3.05) is 7.05 Å². The van der Waals surface area contributed by atoms with Gasteiger partial charge in [0.1, 0.15) is 11.8 Å². The maximum absolute atomic E-state index is 10.8. The van der Waals surface area contributed by atoms with Gasteiger partial charge in [-0.25, -0.2) is 0 Å². The van der Waals surface area contributed by atoms with E-state index in [1.54, 1.807) is 19.2 Å². The summed E-state index contributed by atoms with van der Waals surface area (Å²) in [5.74, 6) is -0.862. The summed E-state index contributed by atoms with van der Waals surface area (Å²) in [6.07, 6.45) is 0. The quantitative estimate of drug-likeness (QED) is 0.800. The van der Waals surface area contributed by atoms with Crippen molar-refractivity contribution in [3.63, 3.8) is 0 Å². The Balaban J connectivity index is 0.00000106. The first-order valence-corrected chi connectivity index (χ1v) is 5.74. The molecule has 0 radical (unpaired) electrons. The number of carboxylic acids is 1. The number of benzene rings is 1. The van der Waals surface area contributed by atoms with E-state index in [-0.39, 0.29) is 5.75 Å². The van der Waals surface area contributed by atoms with Crippen molar-refractivity contribution < 1.29 is 15.0 Å². The second-order valence-corrected chi connectivity index (χ2v) is 3.63. The number of phenolic OH excluding ortho intramolecular Hbond substituents is 1. The molecule has 0 amide bonds. The lowest BCUT2D eigenvalue weighted by atomic mass is 10.1. The Morgan fingerprint density at radius 3 is 2.38 bits per heavy atom. The van der Waals surface area contributed by atoms with E-state index >= 15 is 0 Å². The van der Waals surface area contributed by atoms with E-state index in [9.17, 15) is 9.90 Å². The van der Waals surface area contributed by atoms with Gasteiger partial charge in [-0.15, -0.1) is 0 Å². The molecule has 0 saturated heterocycles. The zero-order chi connectivity index (χ0) is 12.7. The number of aliphatic carboxylic acids is 1. The van der Waals surface area contributed by atoms with Crippen LogP contribution in [0.1, 0.15) is 25.5 Å². The van der Waals surface area contributed by atoms with Crippen LogP contribution in [0.15, 0.2) is 22.7 Å². The number of carbonyl (C=O) groups is 1. The molecule has 0 fully saturated rings. The summed E-state index contributed by atoms with van der Waals surface area (Å²) in [6, 6.07) is 3.83. The smallest absolute Gasteiger partial charge is 0.325 e. The van der Waals surface area contributed by atoms with Crippen molar-refractivity contribution in [2.45, 2.75) is 19.9 Å². The van der Waals surface area contributed by atoms with Crippen molar-refractivity contribution in [1.29, 1.82) is 0 Å². The standard InChI is InChI=1S/C9H10BrNO3.C2H6/c1-11-8(9(13)14)5-2-3-7(12)6(10)4-5;1-2/h2-4,8,11-12H,1H3,(H,13,14);1-2H3. The Morgan fingerprint density at radius 2 is 2.00 bits per heavy atom. The zero-order valence-corrected chi connectivity index (χ0v) is 11.1. The van der Waals surface area contributed by atoms with Gasteiger partial charge in [0.15, 0.2) is 0 Å². The van der Waals surface area contributed by atoms with Gasteiger partial charge < -0.3 is 15.5 Å². The Kier molecular flexibility index (Phi) is 6.76. The van der Waals surface area contributed by atoms with Crippen molar-refractivity contribution >= 4 is 21.9 Å². The van der Waals surface area contributed by atoms with Crippen molar-refractivity contribution in [3.8, 4) is 5.75 Å². The van der Waals surface area contributed by atoms with Crippen LogP contribution in [-0.4, -0.2) is 23.2 Å². The van der Waals surface area contributed by atoms with Gasteiger partial charge in [-0.3, -0.25) is 4.79 Å². The lowest BCUT2D eigenvalue weighted by Crippen LogP contribution is -2.24. The summed E-state index contributed by atoms with van der Waals surface area (Å²) in [5, 5.41) is 20.7. The van der Waals surface area contributed by atoms with Gasteiger partial charge in [0.25, 0.3) is 0 Å². The molecule has 3 N–H and O–H groups in total. The third-order valence-corrected chi connectivity index (χ3v) is 2.48.